The van der Waals surface area contributed by atoms with Crippen LogP contribution in [0.2, 0.25) is 10.0 Å². The van der Waals surface area contributed by atoms with Crippen LogP contribution in [-0.2, 0) is 6.42 Å². The summed E-state index contributed by atoms with van der Waals surface area (Å²) in [5.74, 6) is 0. The highest BCUT2D eigenvalue weighted by molar-refractivity contribution is 6.35. The first-order chi connectivity index (χ1) is 12.5. The number of carbonyl (C=O) groups excluding carboxylic acids is 1. The minimum absolute atomic E-state index is 0.0331. The number of urea groups is 1. The molecule has 0 radical (unpaired) electrons. The molecule has 1 N–H and O–H groups in total. The van der Waals surface area contributed by atoms with Crippen LogP contribution in [0, 0.1) is 6.92 Å². The van der Waals surface area contributed by atoms with Crippen LogP contribution in [0.4, 0.5) is 10.5 Å². The van der Waals surface area contributed by atoms with Crippen LogP contribution in [0.25, 0.3) is 0 Å². The van der Waals surface area contributed by atoms with E-state index in [1.807, 2.05) is 48.2 Å². The van der Waals surface area contributed by atoms with Gasteiger partial charge in [0.2, 0.25) is 0 Å². The molecule has 2 aromatic carbocycles. The molecule has 2 aromatic rings. The van der Waals surface area contributed by atoms with Crippen molar-refractivity contribution in [2.75, 3.05) is 38.0 Å². The molecule has 26 heavy (non-hydrogen) atoms. The van der Waals surface area contributed by atoms with Crippen molar-refractivity contribution < 1.29 is 4.79 Å². The van der Waals surface area contributed by atoms with Crippen LogP contribution < -0.4 is 5.32 Å². The Morgan fingerprint density at radius 1 is 1.04 bits per heavy atom. The van der Waals surface area contributed by atoms with Gasteiger partial charge in [-0.3, -0.25) is 4.90 Å². The molecule has 0 aromatic heterocycles. The number of halogens is 2. The smallest absolute Gasteiger partial charge is 0.321 e. The maximum atomic E-state index is 12.4. The topological polar surface area (TPSA) is 35.6 Å². The van der Waals surface area contributed by atoms with Crippen molar-refractivity contribution in [1.29, 1.82) is 0 Å². The van der Waals surface area contributed by atoms with Crippen LogP contribution in [0.5, 0.6) is 0 Å². The van der Waals surface area contributed by atoms with Crippen LogP contribution in [0.15, 0.2) is 42.5 Å². The summed E-state index contributed by atoms with van der Waals surface area (Å²) >= 11 is 12.2. The Bertz CT molecular complexity index is 756. The zero-order chi connectivity index (χ0) is 18.5. The minimum Gasteiger partial charge on any atom is -0.322 e. The molecule has 0 bridgehead atoms. The molecular formula is C20H23Cl2N3O. The Balaban J connectivity index is 1.44. The molecular weight excluding hydrogens is 369 g/mol. The lowest BCUT2D eigenvalue weighted by atomic mass is 10.1. The monoisotopic (exact) mass is 391 g/mol. The number of rotatable bonds is 4. The van der Waals surface area contributed by atoms with E-state index in [9.17, 15) is 4.79 Å². The average Bonchev–Trinajstić information content (AvgIpc) is 2.63. The largest absolute Gasteiger partial charge is 0.322 e. The van der Waals surface area contributed by atoms with Crippen molar-refractivity contribution in [1.82, 2.24) is 9.80 Å². The Labute approximate surface area is 164 Å². The number of piperazine rings is 1. The number of anilines is 1. The summed E-state index contributed by atoms with van der Waals surface area (Å²) in [5.41, 5.74) is 3.12. The van der Waals surface area contributed by atoms with Gasteiger partial charge in [0.25, 0.3) is 0 Å². The summed E-state index contributed by atoms with van der Waals surface area (Å²) in [7, 11) is 0. The lowest BCUT2D eigenvalue weighted by molar-refractivity contribution is 0.148. The van der Waals surface area contributed by atoms with Crippen molar-refractivity contribution >= 4 is 34.9 Å². The van der Waals surface area contributed by atoms with Crippen molar-refractivity contribution in [3.63, 3.8) is 0 Å². The summed E-state index contributed by atoms with van der Waals surface area (Å²) in [6, 6.07) is 13.5. The highest BCUT2D eigenvalue weighted by atomic mass is 35.5. The molecule has 1 fully saturated rings. The van der Waals surface area contributed by atoms with E-state index in [2.05, 4.69) is 10.2 Å². The second-order valence-corrected chi connectivity index (χ2v) is 7.45. The van der Waals surface area contributed by atoms with Gasteiger partial charge in [-0.15, -0.1) is 0 Å². The standard InChI is InChI=1S/C20H23Cl2N3O/c1-15-2-6-18(7-3-15)23-20(26)25-12-10-24(11-13-25)9-8-16-4-5-17(21)14-19(16)22/h2-7,14H,8-13H2,1H3,(H,23,26). The van der Waals surface area contributed by atoms with E-state index in [0.29, 0.717) is 10.0 Å². The van der Waals surface area contributed by atoms with Crippen molar-refractivity contribution in [3.8, 4) is 0 Å². The van der Waals surface area contributed by atoms with E-state index in [1.54, 1.807) is 6.07 Å². The zero-order valence-electron chi connectivity index (χ0n) is 14.8. The number of nitrogens with zero attached hydrogens (tertiary/aromatic N) is 2. The fourth-order valence-electron chi connectivity index (χ4n) is 3.02. The van der Waals surface area contributed by atoms with Gasteiger partial charge in [0.05, 0.1) is 0 Å². The first kappa shape index (κ1) is 19.0. The minimum atomic E-state index is -0.0331. The summed E-state index contributed by atoms with van der Waals surface area (Å²) in [6.45, 7) is 6.15. The highest BCUT2D eigenvalue weighted by Crippen LogP contribution is 2.21. The predicted molar refractivity (Wildman–Crippen MR) is 108 cm³/mol. The van der Waals surface area contributed by atoms with Crippen LogP contribution in [-0.4, -0.2) is 48.6 Å². The number of hydrogen-bond acceptors (Lipinski definition) is 2. The lowest BCUT2D eigenvalue weighted by Gasteiger charge is -2.34. The molecule has 1 heterocycles. The van der Waals surface area contributed by atoms with Gasteiger partial charge in [-0.25, -0.2) is 4.79 Å². The molecule has 0 spiro atoms. The predicted octanol–water partition coefficient (Wildman–Crippen LogP) is 4.69. The van der Waals surface area contributed by atoms with E-state index < -0.39 is 0 Å². The third kappa shape index (κ3) is 5.13. The second kappa shape index (κ2) is 8.76. The molecule has 1 aliphatic rings. The van der Waals surface area contributed by atoms with Gasteiger partial charge in [-0.2, -0.15) is 0 Å². The number of amides is 2. The molecule has 0 unspecified atom stereocenters. The van der Waals surface area contributed by atoms with Crippen molar-refractivity contribution in [2.24, 2.45) is 0 Å². The van der Waals surface area contributed by atoms with Gasteiger partial charge in [0.15, 0.2) is 0 Å². The number of hydrogen-bond donors (Lipinski definition) is 1. The van der Waals surface area contributed by atoms with Gasteiger partial charge in [0.1, 0.15) is 0 Å². The van der Waals surface area contributed by atoms with E-state index in [4.69, 9.17) is 23.2 Å². The van der Waals surface area contributed by atoms with Crippen molar-refractivity contribution in [2.45, 2.75) is 13.3 Å². The van der Waals surface area contributed by atoms with E-state index in [1.165, 1.54) is 5.56 Å². The van der Waals surface area contributed by atoms with E-state index >= 15 is 0 Å². The normalized spacial score (nSPS) is 15.1. The van der Waals surface area contributed by atoms with Crippen LogP contribution in [0.1, 0.15) is 11.1 Å². The molecule has 0 aliphatic carbocycles. The molecule has 3 rings (SSSR count). The first-order valence-electron chi connectivity index (χ1n) is 8.80. The Morgan fingerprint density at radius 3 is 2.38 bits per heavy atom. The van der Waals surface area contributed by atoms with E-state index in [-0.39, 0.29) is 6.03 Å². The highest BCUT2D eigenvalue weighted by Gasteiger charge is 2.21. The molecule has 2 amide bonds. The first-order valence-corrected chi connectivity index (χ1v) is 9.56. The van der Waals surface area contributed by atoms with Crippen LogP contribution in [0.3, 0.4) is 0 Å². The summed E-state index contributed by atoms with van der Waals surface area (Å²) in [5, 5.41) is 4.34. The molecule has 1 saturated heterocycles. The van der Waals surface area contributed by atoms with E-state index in [0.717, 1.165) is 50.4 Å². The maximum Gasteiger partial charge on any atom is 0.321 e. The average molecular weight is 392 g/mol. The van der Waals surface area contributed by atoms with Gasteiger partial charge in [-0.05, 0) is 43.2 Å². The number of carbonyl (C=O) groups is 1. The second-order valence-electron chi connectivity index (χ2n) is 6.61. The maximum absolute atomic E-state index is 12.4. The summed E-state index contributed by atoms with van der Waals surface area (Å²) in [4.78, 5) is 16.6. The molecule has 138 valence electrons. The van der Waals surface area contributed by atoms with Gasteiger partial charge in [0, 0.05) is 48.5 Å². The summed E-state index contributed by atoms with van der Waals surface area (Å²) < 4.78 is 0. The van der Waals surface area contributed by atoms with Crippen LogP contribution >= 0.6 is 23.2 Å². The fraction of sp³-hybridized carbons (Fsp3) is 0.350. The molecule has 0 saturated carbocycles. The number of benzene rings is 2. The fourth-order valence-corrected chi connectivity index (χ4v) is 3.52. The molecule has 6 heteroatoms. The van der Waals surface area contributed by atoms with Gasteiger partial charge >= 0.3 is 6.03 Å². The summed E-state index contributed by atoms with van der Waals surface area (Å²) in [6.07, 6.45) is 0.881. The Hall–Kier alpha value is -1.75. The molecule has 1 aliphatic heterocycles. The lowest BCUT2D eigenvalue weighted by Crippen LogP contribution is -2.50. The molecule has 0 atom stereocenters. The third-order valence-corrected chi connectivity index (χ3v) is 5.26. The number of aryl methyl sites for hydroxylation is 1. The third-order valence-electron chi connectivity index (χ3n) is 4.67. The number of nitrogens with one attached hydrogen (secondary N) is 1. The van der Waals surface area contributed by atoms with Crippen molar-refractivity contribution in [3.05, 3.63) is 63.6 Å². The van der Waals surface area contributed by atoms with Gasteiger partial charge in [-0.1, -0.05) is 47.0 Å². The quantitative estimate of drug-likeness (QED) is 0.819. The molecule has 4 nitrogen and oxygen atoms in total. The SMILES string of the molecule is Cc1ccc(NC(=O)N2CCN(CCc3ccc(Cl)cc3Cl)CC2)cc1. The Kier molecular flexibility index (Phi) is 6.41. The zero-order valence-corrected chi connectivity index (χ0v) is 16.4. The Morgan fingerprint density at radius 2 is 1.73 bits per heavy atom. The van der Waals surface area contributed by atoms with Gasteiger partial charge < -0.3 is 10.2 Å².